The SMILES string of the molecule is C/C(=C\c1cc(C)c2cc(C(C)C)ccc(C)c1-2)C(=O)O. The van der Waals surface area contributed by atoms with E-state index in [4.69, 9.17) is 5.11 Å². The van der Waals surface area contributed by atoms with Crippen molar-refractivity contribution >= 4 is 12.0 Å². The van der Waals surface area contributed by atoms with Crippen LogP contribution in [0, 0.1) is 13.8 Å². The maximum absolute atomic E-state index is 11.1. The fraction of sp³-hybridized carbons (Fsp3) is 0.316. The van der Waals surface area contributed by atoms with Gasteiger partial charge in [0.1, 0.15) is 0 Å². The van der Waals surface area contributed by atoms with Gasteiger partial charge >= 0.3 is 5.97 Å². The van der Waals surface area contributed by atoms with Crippen LogP contribution in [0.25, 0.3) is 17.2 Å². The molecule has 0 atom stereocenters. The summed E-state index contributed by atoms with van der Waals surface area (Å²) in [5.74, 6) is -0.406. The molecule has 0 fully saturated rings. The zero-order valence-corrected chi connectivity index (χ0v) is 13.3. The third kappa shape index (κ3) is 2.99. The molecule has 0 heterocycles. The van der Waals surface area contributed by atoms with Crippen LogP contribution >= 0.6 is 0 Å². The molecule has 0 aromatic heterocycles. The molecule has 0 spiro atoms. The van der Waals surface area contributed by atoms with E-state index in [1.165, 1.54) is 22.3 Å². The lowest BCUT2D eigenvalue weighted by Gasteiger charge is -2.04. The Balaban J connectivity index is 2.71. The Morgan fingerprint density at radius 2 is 1.81 bits per heavy atom. The Morgan fingerprint density at radius 1 is 1.14 bits per heavy atom. The van der Waals surface area contributed by atoms with Crippen molar-refractivity contribution in [1.82, 2.24) is 0 Å². The number of fused-ring (bicyclic) bond motifs is 1. The molecule has 0 unspecified atom stereocenters. The predicted molar refractivity (Wildman–Crippen MR) is 87.9 cm³/mol. The summed E-state index contributed by atoms with van der Waals surface area (Å²) in [6.07, 6.45) is 1.76. The number of hydrogen-bond donors (Lipinski definition) is 1. The molecule has 0 saturated carbocycles. The van der Waals surface area contributed by atoms with Crippen molar-refractivity contribution in [3.05, 3.63) is 52.1 Å². The molecular weight excluding hydrogens is 260 g/mol. The zero-order chi connectivity index (χ0) is 15.7. The Labute approximate surface area is 126 Å². The predicted octanol–water partition coefficient (Wildman–Crippen LogP) is 5.02. The molecule has 1 N–H and O–H groups in total. The number of carbonyl (C=O) groups is 1. The third-order valence-corrected chi connectivity index (χ3v) is 3.96. The van der Waals surface area contributed by atoms with Crippen LogP contribution in [0.15, 0.2) is 29.8 Å². The molecule has 0 bridgehead atoms. The minimum absolute atomic E-state index is 0.358. The smallest absolute Gasteiger partial charge is 0.331 e. The second-order valence-electron chi connectivity index (χ2n) is 6.02. The average Bonchev–Trinajstić information content (AvgIpc) is 2.58. The standard InChI is InChI=1S/C19H22O2/c1-11(2)15-7-6-12(3)18-16(9-14(5)19(20)21)8-13(4)17(18)10-15/h6-11H,1-5H3,(H,20,21)/b14-9+. The summed E-state index contributed by atoms with van der Waals surface area (Å²) >= 11 is 0. The van der Waals surface area contributed by atoms with Crippen molar-refractivity contribution in [3.63, 3.8) is 0 Å². The Bertz CT molecular complexity index is 693. The lowest BCUT2D eigenvalue weighted by molar-refractivity contribution is -0.132. The van der Waals surface area contributed by atoms with E-state index in [0.717, 1.165) is 11.1 Å². The normalized spacial score (nSPS) is 12.2. The molecule has 0 aromatic carbocycles. The highest BCUT2D eigenvalue weighted by Gasteiger charge is 2.16. The van der Waals surface area contributed by atoms with Crippen LogP contribution in [0.4, 0.5) is 0 Å². The van der Waals surface area contributed by atoms with E-state index in [0.29, 0.717) is 11.5 Å². The molecule has 2 aliphatic rings. The van der Waals surface area contributed by atoms with Gasteiger partial charge in [-0.05, 0) is 66.1 Å². The van der Waals surface area contributed by atoms with E-state index in [2.05, 4.69) is 52.0 Å². The van der Waals surface area contributed by atoms with E-state index >= 15 is 0 Å². The topological polar surface area (TPSA) is 37.3 Å². The second kappa shape index (κ2) is 5.72. The molecule has 2 heteroatoms. The first-order valence-corrected chi connectivity index (χ1v) is 7.26. The second-order valence-corrected chi connectivity index (χ2v) is 6.02. The summed E-state index contributed by atoms with van der Waals surface area (Å²) in [5.41, 5.74) is 7.38. The Morgan fingerprint density at radius 3 is 2.38 bits per heavy atom. The molecule has 0 aromatic rings. The van der Waals surface area contributed by atoms with E-state index in [1.807, 2.05) is 0 Å². The molecular formula is C19H22O2. The largest absolute Gasteiger partial charge is 0.478 e. The summed E-state index contributed by atoms with van der Waals surface area (Å²) in [7, 11) is 0. The van der Waals surface area contributed by atoms with Crippen LogP contribution in [0.5, 0.6) is 0 Å². The third-order valence-electron chi connectivity index (χ3n) is 3.96. The fourth-order valence-electron chi connectivity index (χ4n) is 2.65. The van der Waals surface area contributed by atoms with Gasteiger partial charge in [-0.2, -0.15) is 0 Å². The molecule has 0 radical (unpaired) electrons. The highest BCUT2D eigenvalue weighted by molar-refractivity contribution is 5.94. The highest BCUT2D eigenvalue weighted by Crippen LogP contribution is 2.37. The first kappa shape index (κ1) is 15.3. The average molecular weight is 282 g/mol. The summed E-state index contributed by atoms with van der Waals surface area (Å²) in [5, 5.41) is 9.09. The molecule has 110 valence electrons. The van der Waals surface area contributed by atoms with Gasteiger partial charge in [-0.15, -0.1) is 0 Å². The summed E-state index contributed by atoms with van der Waals surface area (Å²) in [6.45, 7) is 10.2. The van der Waals surface area contributed by atoms with Crippen LogP contribution in [0.3, 0.4) is 0 Å². The van der Waals surface area contributed by atoms with Crippen molar-refractivity contribution in [2.75, 3.05) is 0 Å². The minimum atomic E-state index is -0.872. The van der Waals surface area contributed by atoms with Gasteiger partial charge in [0, 0.05) is 5.57 Å². The minimum Gasteiger partial charge on any atom is -0.478 e. The van der Waals surface area contributed by atoms with Crippen molar-refractivity contribution in [2.24, 2.45) is 0 Å². The van der Waals surface area contributed by atoms with Crippen LogP contribution in [-0.2, 0) is 4.79 Å². The van der Waals surface area contributed by atoms with E-state index in [1.54, 1.807) is 13.0 Å². The molecule has 0 amide bonds. The number of hydrogen-bond acceptors (Lipinski definition) is 1. The highest BCUT2D eigenvalue weighted by atomic mass is 16.4. The van der Waals surface area contributed by atoms with E-state index < -0.39 is 5.97 Å². The molecule has 2 rings (SSSR count). The van der Waals surface area contributed by atoms with Crippen LogP contribution in [0.1, 0.15) is 48.9 Å². The quantitative estimate of drug-likeness (QED) is 0.803. The van der Waals surface area contributed by atoms with Crippen molar-refractivity contribution < 1.29 is 9.90 Å². The van der Waals surface area contributed by atoms with Crippen LogP contribution < -0.4 is 0 Å². The van der Waals surface area contributed by atoms with Gasteiger partial charge in [0.25, 0.3) is 0 Å². The van der Waals surface area contributed by atoms with Crippen LogP contribution in [-0.4, -0.2) is 11.1 Å². The number of rotatable bonds is 3. The van der Waals surface area contributed by atoms with E-state index in [-0.39, 0.29) is 0 Å². The van der Waals surface area contributed by atoms with Gasteiger partial charge in [0.15, 0.2) is 0 Å². The van der Waals surface area contributed by atoms with Gasteiger partial charge < -0.3 is 5.11 Å². The maximum atomic E-state index is 11.1. The van der Waals surface area contributed by atoms with Crippen molar-refractivity contribution in [1.29, 1.82) is 0 Å². The summed E-state index contributed by atoms with van der Waals surface area (Å²) in [6, 6.07) is 8.60. The van der Waals surface area contributed by atoms with Gasteiger partial charge in [0.2, 0.25) is 0 Å². The first-order valence-electron chi connectivity index (χ1n) is 7.26. The van der Waals surface area contributed by atoms with Crippen molar-refractivity contribution in [3.8, 4) is 11.1 Å². The summed E-state index contributed by atoms with van der Waals surface area (Å²) < 4.78 is 0. The molecule has 2 aliphatic carbocycles. The fourth-order valence-corrected chi connectivity index (χ4v) is 2.65. The lowest BCUT2D eigenvalue weighted by Crippen LogP contribution is -1.95. The Kier molecular flexibility index (Phi) is 4.17. The van der Waals surface area contributed by atoms with Crippen molar-refractivity contribution in [2.45, 2.75) is 40.5 Å². The molecule has 0 aliphatic heterocycles. The lowest BCUT2D eigenvalue weighted by atomic mass is 10.00. The number of aliphatic carboxylic acids is 1. The maximum Gasteiger partial charge on any atom is 0.331 e. The van der Waals surface area contributed by atoms with Gasteiger partial charge in [-0.3, -0.25) is 0 Å². The molecule has 21 heavy (non-hydrogen) atoms. The molecule has 0 saturated heterocycles. The first-order chi connectivity index (χ1) is 9.81. The Hall–Kier alpha value is -2.09. The molecule has 2 nitrogen and oxygen atoms in total. The number of aryl methyl sites for hydroxylation is 2. The summed E-state index contributed by atoms with van der Waals surface area (Å²) in [4.78, 5) is 11.1. The number of carboxylic acids is 1. The number of carboxylic acid groups (broad SMARTS) is 1. The van der Waals surface area contributed by atoms with Gasteiger partial charge in [-0.25, -0.2) is 4.79 Å². The monoisotopic (exact) mass is 282 g/mol. The zero-order valence-electron chi connectivity index (χ0n) is 13.3. The van der Waals surface area contributed by atoms with Gasteiger partial charge in [0.05, 0.1) is 0 Å². The van der Waals surface area contributed by atoms with E-state index in [9.17, 15) is 4.79 Å². The van der Waals surface area contributed by atoms with Gasteiger partial charge in [-0.1, -0.05) is 38.1 Å². The van der Waals surface area contributed by atoms with Crippen LogP contribution in [0.2, 0.25) is 0 Å².